The van der Waals surface area contributed by atoms with Gasteiger partial charge in [-0.2, -0.15) is 5.26 Å². The smallest absolute Gasteiger partial charge is 0.281 e. The lowest BCUT2D eigenvalue weighted by molar-refractivity contribution is 0.144. The average molecular weight is 277 g/mol. The maximum absolute atomic E-state index is 12.5. The van der Waals surface area contributed by atoms with E-state index in [1.807, 2.05) is 0 Å². The van der Waals surface area contributed by atoms with Gasteiger partial charge in [0.15, 0.2) is 0 Å². The van der Waals surface area contributed by atoms with Gasteiger partial charge >= 0.3 is 0 Å². The van der Waals surface area contributed by atoms with Gasteiger partial charge in [-0.15, -0.1) is 0 Å². The molecule has 0 bridgehead atoms. The number of pyridine rings is 1. The second kappa shape index (κ2) is 5.14. The van der Waals surface area contributed by atoms with Gasteiger partial charge in [-0.1, -0.05) is 15.9 Å². The van der Waals surface area contributed by atoms with Gasteiger partial charge in [-0.05, 0) is 11.6 Å². The topological polar surface area (TPSA) is 56.9 Å². The van der Waals surface area contributed by atoms with Crippen molar-refractivity contribution in [3.8, 4) is 6.07 Å². The molecule has 80 valence electrons. The molecule has 0 saturated heterocycles. The largest absolute Gasteiger partial charge is 0.390 e. The molecule has 1 N–H and O–H groups in total. The number of hydrogen-bond donors (Lipinski definition) is 1. The van der Waals surface area contributed by atoms with Crippen molar-refractivity contribution < 1.29 is 13.9 Å². The van der Waals surface area contributed by atoms with Crippen molar-refractivity contribution in [1.82, 2.24) is 4.98 Å². The molecule has 0 unspecified atom stereocenters. The van der Waals surface area contributed by atoms with Crippen molar-refractivity contribution in [2.75, 3.05) is 0 Å². The summed E-state index contributed by atoms with van der Waals surface area (Å²) in [7, 11) is 0. The molecule has 0 atom stereocenters. The van der Waals surface area contributed by atoms with Crippen molar-refractivity contribution >= 4 is 15.9 Å². The van der Waals surface area contributed by atoms with E-state index >= 15 is 0 Å². The van der Waals surface area contributed by atoms with Crippen LogP contribution in [0.4, 0.5) is 8.78 Å². The van der Waals surface area contributed by atoms with Gasteiger partial charge in [0.1, 0.15) is 11.8 Å². The summed E-state index contributed by atoms with van der Waals surface area (Å²) >= 11 is 3.13. The number of alkyl halides is 3. The number of nitrogens with zero attached hydrogens (tertiary/aromatic N) is 2. The summed E-state index contributed by atoms with van der Waals surface area (Å²) < 4.78 is 24.9. The van der Waals surface area contributed by atoms with E-state index in [4.69, 9.17) is 10.4 Å². The first-order valence-corrected chi connectivity index (χ1v) is 5.14. The average Bonchev–Trinajstić information content (AvgIpc) is 2.26. The first-order valence-electron chi connectivity index (χ1n) is 4.01. The molecule has 0 aromatic carbocycles. The number of aromatic nitrogens is 1. The SMILES string of the molecule is N#Cc1cc(CBr)c(CO)nc1C(F)F. The number of rotatable bonds is 3. The Morgan fingerprint density at radius 1 is 1.60 bits per heavy atom. The molecular formula is C9H7BrF2N2O. The van der Waals surface area contributed by atoms with E-state index in [1.54, 1.807) is 6.07 Å². The fourth-order valence-electron chi connectivity index (χ4n) is 1.12. The molecule has 0 saturated carbocycles. The molecule has 1 aromatic heterocycles. The van der Waals surface area contributed by atoms with Gasteiger partial charge in [0.2, 0.25) is 0 Å². The van der Waals surface area contributed by atoms with Crippen molar-refractivity contribution in [3.63, 3.8) is 0 Å². The monoisotopic (exact) mass is 276 g/mol. The van der Waals surface area contributed by atoms with E-state index in [2.05, 4.69) is 20.9 Å². The molecule has 1 aromatic rings. The highest BCUT2D eigenvalue weighted by molar-refractivity contribution is 9.08. The molecule has 1 rings (SSSR count). The zero-order valence-electron chi connectivity index (χ0n) is 7.54. The summed E-state index contributed by atoms with van der Waals surface area (Å²) in [6, 6.07) is 2.97. The van der Waals surface area contributed by atoms with Crippen molar-refractivity contribution in [1.29, 1.82) is 5.26 Å². The van der Waals surface area contributed by atoms with Crippen LogP contribution in [-0.2, 0) is 11.9 Å². The Morgan fingerprint density at radius 2 is 2.27 bits per heavy atom. The van der Waals surface area contributed by atoms with Crippen molar-refractivity contribution in [3.05, 3.63) is 28.6 Å². The number of halogens is 3. The van der Waals surface area contributed by atoms with Crippen LogP contribution in [0.1, 0.15) is 28.9 Å². The maximum atomic E-state index is 12.5. The van der Waals surface area contributed by atoms with Crippen LogP contribution in [0, 0.1) is 11.3 Å². The summed E-state index contributed by atoms with van der Waals surface area (Å²) in [5.41, 5.74) is -0.0254. The fraction of sp³-hybridized carbons (Fsp3) is 0.333. The van der Waals surface area contributed by atoms with Gasteiger partial charge in [0, 0.05) is 5.33 Å². The number of nitriles is 1. The van der Waals surface area contributed by atoms with Gasteiger partial charge in [-0.3, -0.25) is 0 Å². The molecule has 3 nitrogen and oxygen atoms in total. The summed E-state index contributed by atoms with van der Waals surface area (Å²) in [4.78, 5) is 3.58. The van der Waals surface area contributed by atoms with Crippen LogP contribution in [0.5, 0.6) is 0 Å². The number of aliphatic hydroxyl groups excluding tert-OH is 1. The Kier molecular flexibility index (Phi) is 4.12. The van der Waals surface area contributed by atoms with E-state index in [1.165, 1.54) is 6.07 Å². The van der Waals surface area contributed by atoms with E-state index in [9.17, 15) is 8.78 Å². The second-order valence-corrected chi connectivity index (χ2v) is 3.29. The predicted octanol–water partition coefficient (Wildman–Crippen LogP) is 2.28. The number of hydrogen-bond acceptors (Lipinski definition) is 3. The van der Waals surface area contributed by atoms with Crippen LogP contribution in [0.3, 0.4) is 0 Å². The van der Waals surface area contributed by atoms with E-state index in [0.29, 0.717) is 10.9 Å². The Balaban J connectivity index is 3.36. The quantitative estimate of drug-likeness (QED) is 0.862. The summed E-state index contributed by atoms with van der Waals surface area (Å²) in [6.45, 7) is -0.424. The Hall–Kier alpha value is -1.06. The van der Waals surface area contributed by atoms with Gasteiger partial charge in [0.05, 0.1) is 17.9 Å². The third kappa shape index (κ3) is 2.49. The zero-order valence-corrected chi connectivity index (χ0v) is 9.13. The minimum absolute atomic E-state index is 0.156. The Morgan fingerprint density at radius 3 is 2.67 bits per heavy atom. The molecule has 1 heterocycles. The molecule has 0 radical (unpaired) electrons. The normalized spacial score (nSPS) is 10.4. The predicted molar refractivity (Wildman–Crippen MR) is 52.5 cm³/mol. The van der Waals surface area contributed by atoms with Crippen molar-refractivity contribution in [2.45, 2.75) is 18.4 Å². The van der Waals surface area contributed by atoms with E-state index in [-0.39, 0.29) is 11.3 Å². The summed E-state index contributed by atoms with van der Waals surface area (Å²) in [6.07, 6.45) is -2.81. The van der Waals surface area contributed by atoms with Crippen LogP contribution in [0.2, 0.25) is 0 Å². The lowest BCUT2D eigenvalue weighted by Gasteiger charge is -2.08. The molecule has 0 aliphatic rings. The minimum Gasteiger partial charge on any atom is -0.390 e. The molecule has 15 heavy (non-hydrogen) atoms. The van der Waals surface area contributed by atoms with Crippen LogP contribution in [0.15, 0.2) is 6.07 Å². The van der Waals surface area contributed by atoms with E-state index < -0.39 is 18.7 Å². The van der Waals surface area contributed by atoms with Crippen LogP contribution in [0.25, 0.3) is 0 Å². The summed E-state index contributed by atoms with van der Waals surface area (Å²) in [5.74, 6) is 0. The molecular weight excluding hydrogens is 270 g/mol. The lowest BCUT2D eigenvalue weighted by atomic mass is 10.1. The Labute approximate surface area is 93.5 Å². The second-order valence-electron chi connectivity index (χ2n) is 2.73. The lowest BCUT2D eigenvalue weighted by Crippen LogP contribution is -2.04. The standard InChI is InChI=1S/C9H7BrF2N2O/c10-2-5-1-6(3-13)8(9(11)12)14-7(5)4-15/h1,9,15H,2,4H2. The molecule has 6 heteroatoms. The van der Waals surface area contributed by atoms with Gasteiger partial charge in [0.25, 0.3) is 6.43 Å². The van der Waals surface area contributed by atoms with Gasteiger partial charge < -0.3 is 5.11 Å². The fourth-order valence-corrected chi connectivity index (χ4v) is 1.60. The molecule has 0 aliphatic carbocycles. The molecule has 0 spiro atoms. The molecule has 0 aliphatic heterocycles. The first kappa shape index (κ1) is 12.0. The highest BCUT2D eigenvalue weighted by Crippen LogP contribution is 2.24. The zero-order chi connectivity index (χ0) is 11.4. The van der Waals surface area contributed by atoms with Crippen LogP contribution < -0.4 is 0 Å². The molecule has 0 amide bonds. The first-order chi connectivity index (χ1) is 7.13. The third-order valence-electron chi connectivity index (χ3n) is 1.84. The highest BCUT2D eigenvalue weighted by Gasteiger charge is 2.17. The summed E-state index contributed by atoms with van der Waals surface area (Å²) in [5, 5.41) is 17.9. The molecule has 0 fully saturated rings. The van der Waals surface area contributed by atoms with Crippen LogP contribution in [-0.4, -0.2) is 10.1 Å². The highest BCUT2D eigenvalue weighted by atomic mass is 79.9. The van der Waals surface area contributed by atoms with Gasteiger partial charge in [-0.25, -0.2) is 13.8 Å². The van der Waals surface area contributed by atoms with E-state index in [0.717, 1.165) is 0 Å². The Bertz CT molecular complexity index is 404. The third-order valence-corrected chi connectivity index (χ3v) is 2.45. The maximum Gasteiger partial charge on any atom is 0.281 e. The number of aliphatic hydroxyl groups is 1. The van der Waals surface area contributed by atoms with Crippen LogP contribution >= 0.6 is 15.9 Å². The van der Waals surface area contributed by atoms with Crippen molar-refractivity contribution in [2.24, 2.45) is 0 Å². The minimum atomic E-state index is -2.81.